The van der Waals surface area contributed by atoms with Gasteiger partial charge in [0.1, 0.15) is 5.54 Å². The molecule has 1 fully saturated rings. The first kappa shape index (κ1) is 23.7. The van der Waals surface area contributed by atoms with Crippen molar-refractivity contribution in [3.63, 3.8) is 0 Å². The van der Waals surface area contributed by atoms with E-state index < -0.39 is 36.0 Å². The quantitative estimate of drug-likeness (QED) is 0.493. The van der Waals surface area contributed by atoms with E-state index in [0.717, 1.165) is 19.8 Å². The van der Waals surface area contributed by atoms with E-state index in [9.17, 15) is 19.2 Å². The van der Waals surface area contributed by atoms with Gasteiger partial charge < -0.3 is 14.2 Å². The molecule has 1 aromatic rings. The van der Waals surface area contributed by atoms with Gasteiger partial charge in [0.2, 0.25) is 6.29 Å². The summed E-state index contributed by atoms with van der Waals surface area (Å²) in [5.41, 5.74) is -0.730. The van der Waals surface area contributed by atoms with Gasteiger partial charge in [-0.2, -0.15) is 0 Å². The highest BCUT2D eigenvalue weighted by molar-refractivity contribution is 6.31. The molecule has 1 unspecified atom stereocenters. The van der Waals surface area contributed by atoms with Crippen molar-refractivity contribution in [2.75, 3.05) is 7.05 Å². The molecule has 1 aromatic carbocycles. The molecule has 1 amide bonds. The largest absolute Gasteiger partial charge is 0.451 e. The van der Waals surface area contributed by atoms with Crippen LogP contribution < -0.4 is 0 Å². The highest BCUT2D eigenvalue weighted by Crippen LogP contribution is 2.42. The van der Waals surface area contributed by atoms with Gasteiger partial charge in [-0.3, -0.25) is 14.5 Å². The van der Waals surface area contributed by atoms with Gasteiger partial charge in [0, 0.05) is 37.9 Å². The molecule has 8 nitrogen and oxygen atoms in total. The number of halogens is 1. The molecule has 3 atom stereocenters. The predicted octanol–water partition coefficient (Wildman–Crippen LogP) is 3.59. The van der Waals surface area contributed by atoms with Crippen molar-refractivity contribution < 1.29 is 33.4 Å². The van der Waals surface area contributed by atoms with Crippen LogP contribution in [0.15, 0.2) is 24.3 Å². The molecular weight excluding hydrogens is 414 g/mol. The average molecular weight is 440 g/mol. The van der Waals surface area contributed by atoms with Crippen LogP contribution in [0.4, 0.5) is 4.79 Å². The Hall–Kier alpha value is -2.61. The van der Waals surface area contributed by atoms with Crippen molar-refractivity contribution in [1.29, 1.82) is 0 Å². The van der Waals surface area contributed by atoms with Crippen LogP contribution in [0.5, 0.6) is 0 Å². The number of Topliss-reactive ketones (excluding diaryl/α,β-unsaturated/α-hetero) is 1. The summed E-state index contributed by atoms with van der Waals surface area (Å²) in [5.74, 6) is -1.63. The molecule has 30 heavy (non-hydrogen) atoms. The van der Waals surface area contributed by atoms with Crippen LogP contribution in [-0.2, 0) is 34.1 Å². The lowest BCUT2D eigenvalue weighted by atomic mass is 9.74. The van der Waals surface area contributed by atoms with Crippen molar-refractivity contribution in [2.45, 2.75) is 64.4 Å². The summed E-state index contributed by atoms with van der Waals surface area (Å²) in [7, 11) is 1.46. The van der Waals surface area contributed by atoms with Crippen LogP contribution in [0.25, 0.3) is 0 Å². The van der Waals surface area contributed by atoms with Crippen LogP contribution in [0.3, 0.4) is 0 Å². The number of hydrogen-bond donors (Lipinski definition) is 0. The maximum absolute atomic E-state index is 13.0. The van der Waals surface area contributed by atoms with E-state index in [2.05, 4.69) is 0 Å². The van der Waals surface area contributed by atoms with Crippen molar-refractivity contribution in [3.8, 4) is 0 Å². The highest BCUT2D eigenvalue weighted by atomic mass is 35.5. The monoisotopic (exact) mass is 439 g/mol. The molecule has 0 bridgehead atoms. The minimum absolute atomic E-state index is 0.130. The van der Waals surface area contributed by atoms with Crippen molar-refractivity contribution in [3.05, 3.63) is 34.9 Å². The summed E-state index contributed by atoms with van der Waals surface area (Å²) in [4.78, 5) is 50.0. The topological polar surface area (TPSA) is 99.2 Å². The fourth-order valence-electron chi connectivity index (χ4n) is 3.59. The number of likely N-dealkylation sites (N-methyl/N-ethyl adjacent to an activating group) is 1. The van der Waals surface area contributed by atoms with Crippen LogP contribution >= 0.6 is 11.6 Å². The molecule has 0 aromatic heterocycles. The zero-order valence-corrected chi connectivity index (χ0v) is 18.2. The summed E-state index contributed by atoms with van der Waals surface area (Å²) in [5, 5.41) is 0.377. The molecule has 164 valence electrons. The minimum Gasteiger partial charge on any atom is -0.451 e. The number of rotatable bonds is 6. The Bertz CT molecular complexity index is 827. The Morgan fingerprint density at radius 2 is 1.77 bits per heavy atom. The standard InChI is InChI=1S/C21H26ClNO7/c1-13(28-14(2)24)19(26)29-15(3)30-20(27)23(4)21(12-8-7-11-18(21)25)16-9-5-6-10-17(16)22/h5-6,9-10,13,15H,7-8,11-12H2,1-4H3/t13-,15?,21+/m1/s1. The van der Waals surface area contributed by atoms with Crippen LogP contribution in [-0.4, -0.2) is 48.2 Å². The SMILES string of the molecule is CC(=O)O[C@H](C)C(=O)OC(C)OC(=O)N(C)[C@]1(c2ccccc2Cl)CCCCC1=O. The zero-order chi connectivity index (χ0) is 22.5. The summed E-state index contributed by atoms with van der Waals surface area (Å²) >= 11 is 6.37. The van der Waals surface area contributed by atoms with Gasteiger partial charge in [-0.15, -0.1) is 0 Å². The molecule has 1 aliphatic carbocycles. The number of nitrogens with zero attached hydrogens (tertiary/aromatic N) is 1. The predicted molar refractivity (Wildman–Crippen MR) is 108 cm³/mol. The van der Waals surface area contributed by atoms with Gasteiger partial charge in [-0.25, -0.2) is 9.59 Å². The van der Waals surface area contributed by atoms with E-state index in [0.29, 0.717) is 23.4 Å². The van der Waals surface area contributed by atoms with E-state index in [1.165, 1.54) is 25.8 Å². The van der Waals surface area contributed by atoms with E-state index in [1.807, 2.05) is 0 Å². The fraction of sp³-hybridized carbons (Fsp3) is 0.524. The Kier molecular flexibility index (Phi) is 7.83. The minimum atomic E-state index is -1.26. The number of hydrogen-bond acceptors (Lipinski definition) is 7. The molecule has 2 rings (SSSR count). The molecule has 0 heterocycles. The smallest absolute Gasteiger partial charge is 0.413 e. The molecule has 0 saturated heterocycles. The van der Waals surface area contributed by atoms with Gasteiger partial charge in [0.15, 0.2) is 11.9 Å². The molecule has 0 N–H and O–H groups in total. The molecule has 0 radical (unpaired) electrons. The third-order valence-corrected chi connectivity index (χ3v) is 5.37. The first-order chi connectivity index (χ1) is 14.1. The van der Waals surface area contributed by atoms with Crippen LogP contribution in [0, 0.1) is 0 Å². The summed E-state index contributed by atoms with van der Waals surface area (Å²) < 4.78 is 15.0. The number of ketones is 1. The van der Waals surface area contributed by atoms with E-state index >= 15 is 0 Å². The zero-order valence-electron chi connectivity index (χ0n) is 17.5. The van der Waals surface area contributed by atoms with Gasteiger partial charge in [0.25, 0.3) is 0 Å². The highest BCUT2D eigenvalue weighted by Gasteiger charge is 2.48. The second kappa shape index (κ2) is 9.93. The van der Waals surface area contributed by atoms with Crippen molar-refractivity contribution >= 4 is 35.4 Å². The van der Waals surface area contributed by atoms with Crippen LogP contribution in [0.2, 0.25) is 5.02 Å². The maximum atomic E-state index is 13.0. The van der Waals surface area contributed by atoms with E-state index in [1.54, 1.807) is 24.3 Å². The molecule has 0 spiro atoms. The number of ether oxygens (including phenoxy) is 3. The summed E-state index contributed by atoms with van der Waals surface area (Å²) in [6.07, 6.45) is -1.06. The molecular formula is C21H26ClNO7. The van der Waals surface area contributed by atoms with E-state index in [4.69, 9.17) is 25.8 Å². The number of amides is 1. The Balaban J connectivity index is 2.18. The molecule has 9 heteroatoms. The number of benzene rings is 1. The lowest BCUT2D eigenvalue weighted by Crippen LogP contribution is -2.55. The van der Waals surface area contributed by atoms with Gasteiger partial charge in [0.05, 0.1) is 0 Å². The normalized spacial score (nSPS) is 20.6. The average Bonchev–Trinajstić information content (AvgIpc) is 2.67. The Morgan fingerprint density at radius 3 is 2.37 bits per heavy atom. The van der Waals surface area contributed by atoms with Gasteiger partial charge in [-0.1, -0.05) is 29.8 Å². The number of carbonyl (C=O) groups is 4. The number of esters is 2. The lowest BCUT2D eigenvalue weighted by molar-refractivity contribution is -0.182. The van der Waals surface area contributed by atoms with Gasteiger partial charge >= 0.3 is 18.0 Å². The summed E-state index contributed by atoms with van der Waals surface area (Å²) in [6.45, 7) is 3.87. The number of carbonyl (C=O) groups excluding carboxylic acids is 4. The Morgan fingerprint density at radius 1 is 1.10 bits per heavy atom. The van der Waals surface area contributed by atoms with Crippen molar-refractivity contribution in [2.24, 2.45) is 0 Å². The second-order valence-electron chi connectivity index (χ2n) is 7.17. The molecule has 0 aliphatic heterocycles. The fourth-order valence-corrected chi connectivity index (χ4v) is 3.88. The van der Waals surface area contributed by atoms with Crippen LogP contribution in [0.1, 0.15) is 52.0 Å². The first-order valence-corrected chi connectivity index (χ1v) is 10.1. The van der Waals surface area contributed by atoms with Gasteiger partial charge in [-0.05, 0) is 32.3 Å². The third-order valence-electron chi connectivity index (χ3n) is 5.04. The third kappa shape index (κ3) is 5.11. The lowest BCUT2D eigenvalue weighted by Gasteiger charge is -2.43. The van der Waals surface area contributed by atoms with Crippen molar-refractivity contribution in [1.82, 2.24) is 4.90 Å². The first-order valence-electron chi connectivity index (χ1n) is 9.70. The van der Waals surface area contributed by atoms with E-state index in [-0.39, 0.29) is 5.78 Å². The Labute approximate surface area is 180 Å². The summed E-state index contributed by atoms with van der Waals surface area (Å²) in [6, 6.07) is 6.89. The molecule has 1 aliphatic rings. The second-order valence-corrected chi connectivity index (χ2v) is 7.58. The maximum Gasteiger partial charge on any atom is 0.413 e. The molecule has 1 saturated carbocycles.